The number of rotatable bonds is 7. The third-order valence-corrected chi connectivity index (χ3v) is 13.0. The summed E-state index contributed by atoms with van der Waals surface area (Å²) in [5.74, 6) is -0.190. The maximum Gasteiger partial charge on any atom is 0.246 e. The third kappa shape index (κ3) is 6.57. The molecule has 2 N–H and O–H groups in total. The SMILES string of the molecule is C=CC(=O)N1CCN(C2(C3CCCCCCC3)NC(OCC3CCCN3C)NC3C(=O)[C@]4(CCC32)Cc2ccccc2C(F)O4)CC1CC#N. The van der Waals surface area contributed by atoms with Gasteiger partial charge in [-0.25, -0.2) is 4.39 Å². The fourth-order valence-electron chi connectivity index (χ4n) is 10.4. The van der Waals surface area contributed by atoms with Crippen molar-refractivity contribution >= 4 is 11.7 Å². The summed E-state index contributed by atoms with van der Waals surface area (Å²) in [5.41, 5.74) is -0.568. The number of benzene rings is 1. The van der Waals surface area contributed by atoms with E-state index in [-0.39, 0.29) is 36.0 Å². The minimum Gasteiger partial charge on any atom is -0.348 e. The van der Waals surface area contributed by atoms with Crippen molar-refractivity contribution in [3.8, 4) is 6.07 Å². The largest absolute Gasteiger partial charge is 0.348 e. The first-order valence-corrected chi connectivity index (χ1v) is 19.1. The topological polar surface area (TPSA) is 110 Å². The van der Waals surface area contributed by atoms with Crippen molar-refractivity contribution in [3.63, 3.8) is 0 Å². The highest BCUT2D eigenvalue weighted by Crippen LogP contribution is 2.51. The molecule has 11 heteroatoms. The van der Waals surface area contributed by atoms with Crippen LogP contribution in [-0.4, -0.2) is 102 Å². The number of likely N-dealkylation sites (N-methyl/N-ethyl adjacent to an activating group) is 1. The molecule has 0 aromatic heterocycles. The number of likely N-dealkylation sites (tertiary alicyclic amines) is 1. The van der Waals surface area contributed by atoms with E-state index in [0.29, 0.717) is 57.1 Å². The standard InChI is InChI=1S/C39H55FN6O4/c1-3-33(47)46-23-22-45(25-29(46)18-20-41)39(28-13-7-5-4-6-8-14-28)32-17-19-38(24-27-12-9-10-16-31(27)36(40)50-38)35(48)34(32)42-37(43-39)49-26-30-15-11-21-44(30)2/h3,9-10,12,16,28-30,32,34,36-37,42-43H,1,4-8,11,13-15,17-19,21-26H2,2H3/t29?,30?,32?,34?,36?,37?,38-,39?/m0/s1. The lowest BCUT2D eigenvalue weighted by molar-refractivity contribution is -0.216. The summed E-state index contributed by atoms with van der Waals surface area (Å²) in [5, 5.41) is 17.6. The van der Waals surface area contributed by atoms with Crippen LogP contribution < -0.4 is 10.6 Å². The lowest BCUT2D eigenvalue weighted by atomic mass is 9.61. The summed E-state index contributed by atoms with van der Waals surface area (Å²) in [6, 6.07) is 9.09. The first-order chi connectivity index (χ1) is 24.3. The second kappa shape index (κ2) is 15.1. The van der Waals surface area contributed by atoms with Crippen molar-refractivity contribution < 1.29 is 23.5 Å². The Bertz CT molecular complexity index is 1450. The molecule has 1 aromatic carbocycles. The van der Waals surface area contributed by atoms with E-state index in [9.17, 15) is 10.1 Å². The number of nitrogens with zero attached hydrogens (tertiary/aromatic N) is 4. The van der Waals surface area contributed by atoms with Crippen molar-refractivity contribution in [1.29, 1.82) is 5.26 Å². The van der Waals surface area contributed by atoms with Crippen LogP contribution in [0.2, 0.25) is 0 Å². The van der Waals surface area contributed by atoms with Gasteiger partial charge < -0.3 is 19.3 Å². The van der Waals surface area contributed by atoms with E-state index in [0.717, 1.165) is 50.6 Å². The van der Waals surface area contributed by atoms with Crippen LogP contribution in [0, 0.1) is 23.2 Å². The van der Waals surface area contributed by atoms with E-state index < -0.39 is 30.0 Å². The zero-order valence-electron chi connectivity index (χ0n) is 29.7. The molecular weight excluding hydrogens is 635 g/mol. The number of ether oxygens (including phenoxy) is 2. The van der Waals surface area contributed by atoms with Crippen LogP contribution in [0.15, 0.2) is 36.9 Å². The van der Waals surface area contributed by atoms with Gasteiger partial charge in [-0.05, 0) is 69.7 Å². The van der Waals surface area contributed by atoms with Gasteiger partial charge in [-0.1, -0.05) is 62.9 Å². The van der Waals surface area contributed by atoms with Crippen molar-refractivity contribution in [2.45, 2.75) is 126 Å². The van der Waals surface area contributed by atoms with Crippen LogP contribution in [0.1, 0.15) is 94.5 Å². The Balaban J connectivity index is 1.28. The lowest BCUT2D eigenvalue weighted by Crippen LogP contribution is -2.83. The number of halogens is 1. The molecule has 7 unspecified atom stereocenters. The molecule has 0 radical (unpaired) electrons. The highest BCUT2D eigenvalue weighted by Gasteiger charge is 2.64. The molecular formula is C39H55FN6O4. The van der Waals surface area contributed by atoms with Gasteiger partial charge in [-0.2, -0.15) is 5.26 Å². The number of amides is 1. The average molecular weight is 691 g/mol. The molecule has 2 aliphatic carbocycles. The van der Waals surface area contributed by atoms with Crippen molar-refractivity contribution in [2.75, 3.05) is 39.8 Å². The van der Waals surface area contributed by atoms with Gasteiger partial charge in [-0.15, -0.1) is 0 Å². The normalized spacial score (nSPS) is 37.4. The Morgan fingerprint density at radius 1 is 1.10 bits per heavy atom. The molecule has 4 heterocycles. The van der Waals surface area contributed by atoms with Gasteiger partial charge in [0.15, 0.2) is 12.1 Å². The van der Waals surface area contributed by atoms with E-state index in [1.807, 2.05) is 18.2 Å². The summed E-state index contributed by atoms with van der Waals surface area (Å²) < 4.78 is 28.7. The predicted molar refractivity (Wildman–Crippen MR) is 187 cm³/mol. The summed E-state index contributed by atoms with van der Waals surface area (Å²) in [6.45, 7) is 6.87. The number of carbonyl (C=O) groups excluding carboxylic acids is 2. The molecule has 6 aliphatic rings. The number of alkyl halides is 1. The molecule has 8 atom stereocenters. The highest BCUT2D eigenvalue weighted by atomic mass is 19.1. The Morgan fingerprint density at radius 3 is 2.62 bits per heavy atom. The lowest BCUT2D eigenvalue weighted by Gasteiger charge is -2.64. The Morgan fingerprint density at radius 2 is 1.88 bits per heavy atom. The van der Waals surface area contributed by atoms with Gasteiger partial charge in [0, 0.05) is 43.6 Å². The second-order valence-corrected chi connectivity index (χ2v) is 15.7. The van der Waals surface area contributed by atoms with Gasteiger partial charge in [0.05, 0.1) is 36.8 Å². The zero-order valence-corrected chi connectivity index (χ0v) is 29.7. The molecule has 7 rings (SSSR count). The summed E-state index contributed by atoms with van der Waals surface area (Å²) in [7, 11) is 2.14. The second-order valence-electron chi connectivity index (χ2n) is 15.7. The fraction of sp³-hybridized carbons (Fsp3) is 0.718. The number of fused-ring (bicyclic) bond motifs is 2. The predicted octanol–water partition coefficient (Wildman–Crippen LogP) is 4.57. The van der Waals surface area contributed by atoms with Crippen LogP contribution in [-0.2, 0) is 25.5 Å². The van der Waals surface area contributed by atoms with E-state index in [2.05, 4.69) is 40.1 Å². The first kappa shape index (κ1) is 35.7. The molecule has 1 aromatic rings. The highest BCUT2D eigenvalue weighted by molar-refractivity contribution is 5.94. The van der Waals surface area contributed by atoms with Gasteiger partial charge in [0.25, 0.3) is 0 Å². The molecule has 10 nitrogen and oxygen atoms in total. The third-order valence-electron chi connectivity index (χ3n) is 13.0. The summed E-state index contributed by atoms with van der Waals surface area (Å²) >= 11 is 0. The molecule has 3 saturated heterocycles. The molecule has 0 bridgehead atoms. The van der Waals surface area contributed by atoms with Crippen molar-refractivity contribution in [3.05, 3.63) is 48.0 Å². The molecule has 1 amide bonds. The van der Waals surface area contributed by atoms with Gasteiger partial charge in [0.2, 0.25) is 12.3 Å². The molecule has 5 fully saturated rings. The number of nitrogens with one attached hydrogen (secondary N) is 2. The Labute approximate surface area is 296 Å². The molecule has 272 valence electrons. The number of hydrogen-bond donors (Lipinski definition) is 2. The maximum atomic E-state index is 15.8. The molecule has 4 aliphatic heterocycles. The van der Waals surface area contributed by atoms with Gasteiger partial charge >= 0.3 is 0 Å². The van der Waals surface area contributed by atoms with E-state index in [1.54, 1.807) is 11.0 Å². The molecule has 50 heavy (non-hydrogen) atoms. The minimum atomic E-state index is -1.66. The number of hydrogen-bond acceptors (Lipinski definition) is 9. The van der Waals surface area contributed by atoms with E-state index in [1.165, 1.54) is 25.3 Å². The number of ketones is 1. The van der Waals surface area contributed by atoms with Crippen LogP contribution in [0.5, 0.6) is 0 Å². The summed E-state index contributed by atoms with van der Waals surface area (Å²) in [6.07, 6.45) is 10.7. The minimum absolute atomic E-state index is 0.0942. The zero-order chi connectivity index (χ0) is 34.9. The molecule has 1 spiro atoms. The Hall–Kier alpha value is -2.72. The van der Waals surface area contributed by atoms with E-state index >= 15 is 9.18 Å². The average Bonchev–Trinajstić information content (AvgIpc) is 3.52. The monoisotopic (exact) mass is 690 g/mol. The van der Waals surface area contributed by atoms with Crippen molar-refractivity contribution in [1.82, 2.24) is 25.3 Å². The van der Waals surface area contributed by atoms with Gasteiger partial charge in [-0.3, -0.25) is 25.1 Å². The first-order valence-electron chi connectivity index (χ1n) is 19.1. The van der Waals surface area contributed by atoms with E-state index in [4.69, 9.17) is 9.47 Å². The maximum absolute atomic E-state index is 15.8. The van der Waals surface area contributed by atoms with Crippen LogP contribution in [0.4, 0.5) is 4.39 Å². The number of piperazine rings is 1. The smallest absolute Gasteiger partial charge is 0.246 e. The van der Waals surface area contributed by atoms with Gasteiger partial charge in [0.1, 0.15) is 5.60 Å². The number of Topliss-reactive ketones (excluding diaryl/α,β-unsaturated/α-hetero) is 1. The fourth-order valence-corrected chi connectivity index (χ4v) is 10.4. The number of carbonyl (C=O) groups is 2. The quantitative estimate of drug-likeness (QED) is 0.398. The van der Waals surface area contributed by atoms with Crippen LogP contribution in [0.25, 0.3) is 0 Å². The summed E-state index contributed by atoms with van der Waals surface area (Å²) in [4.78, 5) is 34.7. The van der Waals surface area contributed by atoms with Crippen molar-refractivity contribution in [2.24, 2.45) is 11.8 Å². The van der Waals surface area contributed by atoms with Crippen LogP contribution >= 0.6 is 0 Å². The molecule has 2 saturated carbocycles. The Kier molecular flexibility index (Phi) is 10.8. The van der Waals surface area contributed by atoms with Crippen LogP contribution in [0.3, 0.4) is 0 Å². The number of nitriles is 1.